The van der Waals surface area contributed by atoms with Crippen LogP contribution in [0.3, 0.4) is 0 Å². The summed E-state index contributed by atoms with van der Waals surface area (Å²) in [5.41, 5.74) is 1.49. The molecule has 0 amide bonds. The first kappa shape index (κ1) is 9.53. The maximum atomic E-state index is 2.35. The molecule has 0 spiro atoms. The zero-order chi connectivity index (χ0) is 8.97. The topological polar surface area (TPSA) is 0 Å². The van der Waals surface area contributed by atoms with Crippen LogP contribution >= 0.6 is 11.3 Å². The van der Waals surface area contributed by atoms with Gasteiger partial charge in [0.15, 0.2) is 0 Å². The van der Waals surface area contributed by atoms with E-state index in [2.05, 4.69) is 44.4 Å². The molecule has 1 aromatic heterocycles. The minimum atomic E-state index is 0.655. The third-order valence-corrected chi connectivity index (χ3v) is 2.70. The van der Waals surface area contributed by atoms with Gasteiger partial charge in [-0.1, -0.05) is 32.9 Å². The van der Waals surface area contributed by atoms with Gasteiger partial charge in [-0.05, 0) is 29.4 Å². The van der Waals surface area contributed by atoms with Crippen molar-refractivity contribution in [1.82, 2.24) is 0 Å². The van der Waals surface area contributed by atoms with Crippen LogP contribution in [0.15, 0.2) is 23.6 Å². The lowest BCUT2D eigenvalue weighted by molar-refractivity contribution is 0.830. The summed E-state index contributed by atoms with van der Waals surface area (Å²) < 4.78 is 0. The van der Waals surface area contributed by atoms with Crippen molar-refractivity contribution < 1.29 is 0 Å². The molecule has 0 saturated heterocycles. The standard InChI is InChI=1S/C11H16S/c1-4-10(8-9(2)3)11-6-5-7-12-11/h5-9H,4H2,1-3H3/b10-8+. The van der Waals surface area contributed by atoms with Crippen LogP contribution in [-0.2, 0) is 0 Å². The minimum Gasteiger partial charge on any atom is -0.144 e. The summed E-state index contributed by atoms with van der Waals surface area (Å²) in [6, 6.07) is 4.31. The lowest BCUT2D eigenvalue weighted by Gasteiger charge is -2.03. The monoisotopic (exact) mass is 180 g/mol. The summed E-state index contributed by atoms with van der Waals surface area (Å²) >= 11 is 1.83. The lowest BCUT2D eigenvalue weighted by Crippen LogP contribution is -1.83. The first-order chi connectivity index (χ1) is 5.74. The Bertz CT molecular complexity index is 242. The molecule has 0 aliphatic heterocycles. The molecule has 0 fully saturated rings. The average molecular weight is 180 g/mol. The highest BCUT2D eigenvalue weighted by Crippen LogP contribution is 2.24. The fourth-order valence-corrected chi connectivity index (χ4v) is 2.06. The van der Waals surface area contributed by atoms with Gasteiger partial charge in [0.1, 0.15) is 0 Å². The van der Waals surface area contributed by atoms with Gasteiger partial charge in [0.25, 0.3) is 0 Å². The molecule has 1 aromatic rings. The van der Waals surface area contributed by atoms with Crippen LogP contribution in [-0.4, -0.2) is 0 Å². The second-order valence-electron chi connectivity index (χ2n) is 3.27. The van der Waals surface area contributed by atoms with E-state index in [9.17, 15) is 0 Å². The van der Waals surface area contributed by atoms with Crippen LogP contribution in [0.25, 0.3) is 5.57 Å². The molecule has 0 aliphatic carbocycles. The van der Waals surface area contributed by atoms with Crippen LogP contribution in [0, 0.1) is 5.92 Å². The number of hydrogen-bond acceptors (Lipinski definition) is 1. The van der Waals surface area contributed by atoms with Crippen molar-refractivity contribution in [3.63, 3.8) is 0 Å². The third-order valence-electron chi connectivity index (χ3n) is 1.75. The third kappa shape index (κ3) is 2.49. The van der Waals surface area contributed by atoms with Crippen molar-refractivity contribution in [2.24, 2.45) is 5.92 Å². The smallest absolute Gasteiger partial charge is 0.0299 e. The quantitative estimate of drug-likeness (QED) is 0.654. The highest BCUT2D eigenvalue weighted by atomic mass is 32.1. The van der Waals surface area contributed by atoms with Crippen LogP contribution in [0.1, 0.15) is 32.1 Å². The number of allylic oxidation sites excluding steroid dienone is 2. The van der Waals surface area contributed by atoms with Gasteiger partial charge < -0.3 is 0 Å². The molecular formula is C11H16S. The Morgan fingerprint density at radius 3 is 2.75 bits per heavy atom. The second-order valence-corrected chi connectivity index (χ2v) is 4.21. The predicted molar refractivity (Wildman–Crippen MR) is 57.4 cm³/mol. The van der Waals surface area contributed by atoms with E-state index in [-0.39, 0.29) is 0 Å². The Balaban J connectivity index is 2.83. The average Bonchev–Trinajstić information content (AvgIpc) is 2.51. The molecule has 0 aliphatic rings. The minimum absolute atomic E-state index is 0.655. The SMILES string of the molecule is CC/C(=C\C(C)C)c1cccs1. The molecule has 0 nitrogen and oxygen atoms in total. The van der Waals surface area contributed by atoms with Crippen LogP contribution in [0.2, 0.25) is 0 Å². The zero-order valence-corrected chi connectivity index (χ0v) is 8.82. The Hall–Kier alpha value is -0.560. The molecular weight excluding hydrogens is 164 g/mol. The molecule has 66 valence electrons. The Labute approximate surface area is 78.9 Å². The normalized spacial score (nSPS) is 12.5. The van der Waals surface area contributed by atoms with Crippen molar-refractivity contribution in [3.8, 4) is 0 Å². The van der Waals surface area contributed by atoms with Gasteiger partial charge in [-0.2, -0.15) is 0 Å². The Morgan fingerprint density at radius 2 is 2.33 bits per heavy atom. The highest BCUT2D eigenvalue weighted by molar-refractivity contribution is 7.11. The molecule has 1 rings (SSSR count). The summed E-state index contributed by atoms with van der Waals surface area (Å²) in [5, 5.41) is 2.14. The Kier molecular flexibility index (Phi) is 3.54. The van der Waals surface area contributed by atoms with E-state index >= 15 is 0 Å². The van der Waals surface area contributed by atoms with Gasteiger partial charge in [-0.3, -0.25) is 0 Å². The fraction of sp³-hybridized carbons (Fsp3) is 0.455. The van der Waals surface area contributed by atoms with Crippen LogP contribution in [0.5, 0.6) is 0 Å². The van der Waals surface area contributed by atoms with Gasteiger partial charge in [0.2, 0.25) is 0 Å². The Morgan fingerprint density at radius 1 is 1.58 bits per heavy atom. The summed E-state index contributed by atoms with van der Waals surface area (Å²) in [7, 11) is 0. The van der Waals surface area contributed by atoms with E-state index < -0.39 is 0 Å². The molecule has 1 heteroatoms. The van der Waals surface area contributed by atoms with Crippen LogP contribution < -0.4 is 0 Å². The molecule has 0 N–H and O–H groups in total. The van der Waals surface area contributed by atoms with E-state index in [0.717, 1.165) is 6.42 Å². The number of hydrogen-bond donors (Lipinski definition) is 0. The van der Waals surface area contributed by atoms with Crippen molar-refractivity contribution in [2.75, 3.05) is 0 Å². The molecule has 0 saturated carbocycles. The molecule has 12 heavy (non-hydrogen) atoms. The second kappa shape index (κ2) is 4.46. The lowest BCUT2D eigenvalue weighted by atomic mass is 10.1. The maximum absolute atomic E-state index is 2.35. The van der Waals surface area contributed by atoms with E-state index in [4.69, 9.17) is 0 Å². The molecule has 0 bridgehead atoms. The van der Waals surface area contributed by atoms with Crippen LogP contribution in [0.4, 0.5) is 0 Å². The highest BCUT2D eigenvalue weighted by Gasteiger charge is 2.00. The molecule has 0 aromatic carbocycles. The van der Waals surface area contributed by atoms with E-state index in [1.807, 2.05) is 11.3 Å². The number of rotatable bonds is 3. The van der Waals surface area contributed by atoms with Crippen molar-refractivity contribution >= 4 is 16.9 Å². The van der Waals surface area contributed by atoms with Gasteiger partial charge in [-0.15, -0.1) is 11.3 Å². The fourth-order valence-electron chi connectivity index (χ4n) is 1.24. The summed E-state index contributed by atoms with van der Waals surface area (Å²) in [4.78, 5) is 1.42. The molecule has 0 radical (unpaired) electrons. The maximum Gasteiger partial charge on any atom is 0.0299 e. The van der Waals surface area contributed by atoms with Gasteiger partial charge in [0.05, 0.1) is 0 Å². The zero-order valence-electron chi connectivity index (χ0n) is 8.00. The summed E-state index contributed by atoms with van der Waals surface area (Å²) in [6.45, 7) is 6.67. The van der Waals surface area contributed by atoms with Crippen molar-refractivity contribution in [2.45, 2.75) is 27.2 Å². The molecule has 1 heterocycles. The largest absolute Gasteiger partial charge is 0.144 e. The first-order valence-corrected chi connectivity index (χ1v) is 5.36. The van der Waals surface area contributed by atoms with Gasteiger partial charge in [-0.25, -0.2) is 0 Å². The van der Waals surface area contributed by atoms with Crippen molar-refractivity contribution in [1.29, 1.82) is 0 Å². The van der Waals surface area contributed by atoms with E-state index in [1.165, 1.54) is 10.5 Å². The van der Waals surface area contributed by atoms with E-state index in [0.29, 0.717) is 5.92 Å². The number of thiophene rings is 1. The summed E-state index contributed by atoms with van der Waals surface area (Å²) in [5.74, 6) is 0.655. The van der Waals surface area contributed by atoms with E-state index in [1.54, 1.807) is 0 Å². The first-order valence-electron chi connectivity index (χ1n) is 4.48. The predicted octanol–water partition coefficient (Wildman–Crippen LogP) is 4.20. The van der Waals surface area contributed by atoms with Gasteiger partial charge >= 0.3 is 0 Å². The van der Waals surface area contributed by atoms with Crippen molar-refractivity contribution in [3.05, 3.63) is 28.5 Å². The van der Waals surface area contributed by atoms with Gasteiger partial charge in [0, 0.05) is 4.88 Å². The molecule has 0 unspecified atom stereocenters. The molecule has 0 atom stereocenters. The summed E-state index contributed by atoms with van der Waals surface area (Å²) in [6.07, 6.45) is 3.49.